The Morgan fingerprint density at radius 3 is 3.00 bits per heavy atom. The molecule has 2 heterocycles. The zero-order chi connectivity index (χ0) is 17.9. The summed E-state index contributed by atoms with van der Waals surface area (Å²) >= 11 is 0. The van der Waals surface area contributed by atoms with Crippen LogP contribution in [0.4, 0.5) is 0 Å². The Morgan fingerprint density at radius 1 is 1.40 bits per heavy atom. The van der Waals surface area contributed by atoms with Crippen LogP contribution in [0.15, 0.2) is 33.7 Å². The van der Waals surface area contributed by atoms with Crippen LogP contribution in [0.25, 0.3) is 0 Å². The van der Waals surface area contributed by atoms with Crippen molar-refractivity contribution in [1.29, 1.82) is 0 Å². The van der Waals surface area contributed by atoms with Gasteiger partial charge in [0.25, 0.3) is 5.89 Å². The summed E-state index contributed by atoms with van der Waals surface area (Å²) in [6, 6.07) is 6.01. The van der Waals surface area contributed by atoms with Gasteiger partial charge in [0.1, 0.15) is 12.4 Å². The van der Waals surface area contributed by atoms with Crippen molar-refractivity contribution < 1.29 is 22.4 Å². The molecule has 1 fully saturated rings. The third-order valence-corrected chi connectivity index (χ3v) is 5.97. The number of sulfonamides is 1. The third-order valence-electron chi connectivity index (χ3n) is 4.06. The standard InChI is InChI=1S/C16H21N3O5S/c1-3-23-11-15-17-16(18-24-15)14-8-5-9-19(14)25(20,21)13-7-4-6-12(10-13)22-2/h4,6-7,10,14H,3,5,8-9,11H2,1-2H3. The predicted molar refractivity (Wildman–Crippen MR) is 88.5 cm³/mol. The molecular formula is C16H21N3O5S. The Morgan fingerprint density at radius 2 is 2.24 bits per heavy atom. The van der Waals surface area contributed by atoms with Crippen molar-refractivity contribution in [3.05, 3.63) is 36.0 Å². The van der Waals surface area contributed by atoms with Crippen LogP contribution in [0.1, 0.15) is 37.5 Å². The number of ether oxygens (including phenoxy) is 2. The highest BCUT2D eigenvalue weighted by Gasteiger charge is 2.38. The third kappa shape index (κ3) is 3.68. The summed E-state index contributed by atoms with van der Waals surface area (Å²) < 4.78 is 43.0. The van der Waals surface area contributed by atoms with Crippen molar-refractivity contribution in [2.45, 2.75) is 37.3 Å². The van der Waals surface area contributed by atoms with Gasteiger partial charge in [0, 0.05) is 19.2 Å². The number of benzene rings is 1. The van der Waals surface area contributed by atoms with Gasteiger partial charge in [-0.15, -0.1) is 0 Å². The molecule has 3 rings (SSSR count). The van der Waals surface area contributed by atoms with Crippen LogP contribution >= 0.6 is 0 Å². The molecule has 0 radical (unpaired) electrons. The molecule has 25 heavy (non-hydrogen) atoms. The molecule has 2 aromatic rings. The quantitative estimate of drug-likeness (QED) is 0.740. The number of rotatable bonds is 7. The van der Waals surface area contributed by atoms with Crippen molar-refractivity contribution in [3.63, 3.8) is 0 Å². The van der Waals surface area contributed by atoms with Gasteiger partial charge in [-0.3, -0.25) is 0 Å². The maximum atomic E-state index is 13.0. The van der Waals surface area contributed by atoms with E-state index in [-0.39, 0.29) is 11.5 Å². The summed E-state index contributed by atoms with van der Waals surface area (Å²) in [6.45, 7) is 3.05. The summed E-state index contributed by atoms with van der Waals surface area (Å²) in [6.07, 6.45) is 1.39. The molecule has 1 aromatic heterocycles. The summed E-state index contributed by atoms with van der Waals surface area (Å²) in [5.74, 6) is 1.22. The zero-order valence-corrected chi connectivity index (χ0v) is 15.0. The lowest BCUT2D eigenvalue weighted by atomic mass is 10.2. The maximum Gasteiger partial charge on any atom is 0.252 e. The van der Waals surface area contributed by atoms with Gasteiger partial charge in [-0.25, -0.2) is 8.42 Å². The molecule has 1 aliphatic rings. The Bertz CT molecular complexity index is 821. The zero-order valence-electron chi connectivity index (χ0n) is 14.2. The second kappa shape index (κ2) is 7.51. The fraction of sp³-hybridized carbons (Fsp3) is 0.500. The number of methoxy groups -OCH3 is 1. The first-order chi connectivity index (χ1) is 12.1. The molecule has 0 bridgehead atoms. The van der Waals surface area contributed by atoms with Gasteiger partial charge >= 0.3 is 0 Å². The molecule has 0 N–H and O–H groups in total. The molecule has 1 unspecified atom stereocenters. The first kappa shape index (κ1) is 17.8. The Hall–Kier alpha value is -1.97. The van der Waals surface area contributed by atoms with Crippen molar-refractivity contribution >= 4 is 10.0 Å². The van der Waals surface area contributed by atoms with Crippen LogP contribution in [0.3, 0.4) is 0 Å². The van der Waals surface area contributed by atoms with E-state index < -0.39 is 16.1 Å². The summed E-state index contributed by atoms with van der Waals surface area (Å²) in [7, 11) is -2.17. The summed E-state index contributed by atoms with van der Waals surface area (Å²) in [5, 5.41) is 3.95. The van der Waals surface area contributed by atoms with Crippen molar-refractivity contribution in [2.24, 2.45) is 0 Å². The van der Waals surface area contributed by atoms with E-state index in [0.29, 0.717) is 37.0 Å². The van der Waals surface area contributed by atoms with E-state index in [9.17, 15) is 8.42 Å². The first-order valence-corrected chi connectivity index (χ1v) is 9.56. The van der Waals surface area contributed by atoms with E-state index in [0.717, 1.165) is 6.42 Å². The summed E-state index contributed by atoms with van der Waals surface area (Å²) in [4.78, 5) is 4.48. The van der Waals surface area contributed by atoms with Crippen LogP contribution in [0.5, 0.6) is 5.75 Å². The number of hydrogen-bond donors (Lipinski definition) is 0. The lowest BCUT2D eigenvalue weighted by Gasteiger charge is -2.21. The average molecular weight is 367 g/mol. The summed E-state index contributed by atoms with van der Waals surface area (Å²) in [5.41, 5.74) is 0. The predicted octanol–water partition coefficient (Wildman–Crippen LogP) is 2.14. The van der Waals surface area contributed by atoms with Gasteiger partial charge in [-0.05, 0) is 31.9 Å². The van der Waals surface area contributed by atoms with Crippen molar-refractivity contribution in [2.75, 3.05) is 20.3 Å². The van der Waals surface area contributed by atoms with Gasteiger partial charge < -0.3 is 14.0 Å². The fourth-order valence-electron chi connectivity index (χ4n) is 2.83. The highest BCUT2D eigenvalue weighted by Crippen LogP contribution is 2.35. The Labute approximate surface area is 146 Å². The van der Waals surface area contributed by atoms with Crippen LogP contribution in [0, 0.1) is 0 Å². The second-order valence-electron chi connectivity index (χ2n) is 5.64. The highest BCUT2D eigenvalue weighted by molar-refractivity contribution is 7.89. The van der Waals surface area contributed by atoms with E-state index in [1.165, 1.54) is 17.5 Å². The van der Waals surface area contributed by atoms with Crippen molar-refractivity contribution in [3.8, 4) is 5.75 Å². The van der Waals surface area contributed by atoms with Crippen molar-refractivity contribution in [1.82, 2.24) is 14.4 Å². The number of hydrogen-bond acceptors (Lipinski definition) is 7. The fourth-order valence-corrected chi connectivity index (χ4v) is 4.52. The van der Waals surface area contributed by atoms with E-state index in [4.69, 9.17) is 14.0 Å². The highest BCUT2D eigenvalue weighted by atomic mass is 32.2. The Balaban J connectivity index is 1.86. The van der Waals surface area contributed by atoms with E-state index in [1.807, 2.05) is 6.92 Å². The van der Waals surface area contributed by atoms with E-state index >= 15 is 0 Å². The normalized spacial score (nSPS) is 18.6. The van der Waals surface area contributed by atoms with Gasteiger partial charge in [0.2, 0.25) is 10.0 Å². The lowest BCUT2D eigenvalue weighted by Crippen LogP contribution is -2.31. The molecule has 136 valence electrons. The topological polar surface area (TPSA) is 94.8 Å². The van der Waals surface area contributed by atoms with Gasteiger partial charge in [-0.1, -0.05) is 11.2 Å². The molecule has 9 heteroatoms. The molecule has 8 nitrogen and oxygen atoms in total. The van der Waals surface area contributed by atoms with Crippen LogP contribution < -0.4 is 4.74 Å². The van der Waals surface area contributed by atoms with Crippen LogP contribution in [-0.4, -0.2) is 43.1 Å². The second-order valence-corrected chi connectivity index (χ2v) is 7.53. The van der Waals surface area contributed by atoms with E-state index in [2.05, 4.69) is 10.1 Å². The minimum Gasteiger partial charge on any atom is -0.497 e. The lowest BCUT2D eigenvalue weighted by molar-refractivity contribution is 0.109. The molecular weight excluding hydrogens is 346 g/mol. The molecule has 0 amide bonds. The number of aromatic nitrogens is 2. The van der Waals surface area contributed by atoms with Gasteiger partial charge in [0.15, 0.2) is 5.82 Å². The van der Waals surface area contributed by atoms with Gasteiger partial charge in [0.05, 0.1) is 18.0 Å². The Kier molecular flexibility index (Phi) is 5.36. The minimum atomic E-state index is -3.68. The SMILES string of the molecule is CCOCc1nc(C2CCCN2S(=O)(=O)c2cccc(OC)c2)no1. The molecule has 1 aliphatic heterocycles. The van der Waals surface area contributed by atoms with Gasteiger partial charge in [-0.2, -0.15) is 9.29 Å². The molecule has 0 aliphatic carbocycles. The monoisotopic (exact) mass is 367 g/mol. The molecule has 1 atom stereocenters. The minimum absolute atomic E-state index is 0.191. The van der Waals surface area contributed by atoms with E-state index in [1.54, 1.807) is 18.2 Å². The van der Waals surface area contributed by atoms with Crippen LogP contribution in [0.2, 0.25) is 0 Å². The molecule has 0 saturated carbocycles. The first-order valence-electron chi connectivity index (χ1n) is 8.12. The van der Waals surface area contributed by atoms with Crippen LogP contribution in [-0.2, 0) is 21.4 Å². The molecule has 1 aromatic carbocycles. The maximum absolute atomic E-state index is 13.0. The average Bonchev–Trinajstić information content (AvgIpc) is 3.29. The smallest absolute Gasteiger partial charge is 0.252 e. The largest absolute Gasteiger partial charge is 0.497 e. The number of nitrogens with zero attached hydrogens (tertiary/aromatic N) is 3. The molecule has 0 spiro atoms. The molecule has 1 saturated heterocycles.